The quantitative estimate of drug-likeness (QED) is 0.612. The van der Waals surface area contributed by atoms with Gasteiger partial charge < -0.3 is 0 Å². The van der Waals surface area contributed by atoms with E-state index in [2.05, 4.69) is 6.58 Å². The highest BCUT2D eigenvalue weighted by atomic mass is 32.2. The summed E-state index contributed by atoms with van der Waals surface area (Å²) in [6.45, 7) is 6.23. The normalized spacial score (nSPS) is 20.1. The molecule has 0 N–H and O–H groups in total. The molecule has 0 heterocycles. The summed E-state index contributed by atoms with van der Waals surface area (Å²) in [6, 6.07) is 6.73. The number of hydrogen-bond acceptors (Lipinski definition) is 3. The van der Waals surface area contributed by atoms with Crippen LogP contribution in [-0.2, 0) is 14.3 Å². The van der Waals surface area contributed by atoms with Crippen LogP contribution in [0.2, 0.25) is 0 Å². The van der Waals surface area contributed by atoms with E-state index < -0.39 is 10.1 Å². The van der Waals surface area contributed by atoms with Gasteiger partial charge in [0, 0.05) is 0 Å². The van der Waals surface area contributed by atoms with Crippen LogP contribution in [0.4, 0.5) is 0 Å². The van der Waals surface area contributed by atoms with Gasteiger partial charge in [0.2, 0.25) is 0 Å². The van der Waals surface area contributed by atoms with Gasteiger partial charge in [-0.3, -0.25) is 4.18 Å². The number of allylic oxidation sites excluding steroid dienone is 1. The Balaban J connectivity index is 1.89. The van der Waals surface area contributed by atoms with E-state index in [1.54, 1.807) is 24.3 Å². The molecule has 1 unspecified atom stereocenters. The zero-order valence-electron chi connectivity index (χ0n) is 12.0. The van der Waals surface area contributed by atoms with Gasteiger partial charge in [0.05, 0.1) is 11.5 Å². The Bertz CT molecular complexity index is 558. The average molecular weight is 294 g/mol. The highest BCUT2D eigenvalue weighted by molar-refractivity contribution is 7.86. The molecule has 0 radical (unpaired) electrons. The van der Waals surface area contributed by atoms with Gasteiger partial charge in [0.15, 0.2) is 0 Å². The third-order valence-electron chi connectivity index (χ3n) is 3.89. The Kier molecular flexibility index (Phi) is 5.00. The molecule has 0 saturated heterocycles. The van der Waals surface area contributed by atoms with Crippen molar-refractivity contribution in [3.8, 4) is 0 Å². The molecule has 4 heteroatoms. The van der Waals surface area contributed by atoms with Crippen LogP contribution in [0, 0.1) is 12.8 Å². The second kappa shape index (κ2) is 6.55. The summed E-state index contributed by atoms with van der Waals surface area (Å²) in [7, 11) is -3.63. The van der Waals surface area contributed by atoms with Crippen LogP contribution in [0.15, 0.2) is 41.3 Å². The van der Waals surface area contributed by atoms with Gasteiger partial charge in [-0.2, -0.15) is 8.42 Å². The van der Waals surface area contributed by atoms with Gasteiger partial charge in [-0.1, -0.05) is 36.3 Å². The third kappa shape index (κ3) is 3.93. The minimum Gasteiger partial charge on any atom is -0.266 e. The molecule has 1 aromatic carbocycles. The maximum Gasteiger partial charge on any atom is 0.296 e. The lowest BCUT2D eigenvalue weighted by Crippen LogP contribution is -2.14. The second-order valence-electron chi connectivity index (χ2n) is 5.48. The first-order valence-electron chi connectivity index (χ1n) is 7.13. The minimum atomic E-state index is -3.63. The molecule has 0 aliphatic heterocycles. The van der Waals surface area contributed by atoms with E-state index in [1.807, 2.05) is 6.92 Å². The van der Waals surface area contributed by atoms with Crippen LogP contribution >= 0.6 is 0 Å². The van der Waals surface area contributed by atoms with Crippen molar-refractivity contribution >= 4 is 10.1 Å². The lowest BCUT2D eigenvalue weighted by Gasteiger charge is -2.24. The molecule has 1 atom stereocenters. The first kappa shape index (κ1) is 15.3. The maximum absolute atomic E-state index is 12.0. The molecule has 0 bridgehead atoms. The highest BCUT2D eigenvalue weighted by Crippen LogP contribution is 2.30. The lowest BCUT2D eigenvalue weighted by molar-refractivity contribution is 0.278. The molecule has 0 amide bonds. The van der Waals surface area contributed by atoms with E-state index in [9.17, 15) is 8.42 Å². The molecule has 1 aliphatic carbocycles. The summed E-state index contributed by atoms with van der Waals surface area (Å²) < 4.78 is 29.2. The molecule has 1 aromatic rings. The van der Waals surface area contributed by atoms with Crippen LogP contribution < -0.4 is 0 Å². The fourth-order valence-corrected chi connectivity index (χ4v) is 3.49. The van der Waals surface area contributed by atoms with Crippen LogP contribution in [0.5, 0.6) is 0 Å². The Morgan fingerprint density at radius 2 is 1.95 bits per heavy atom. The SMILES string of the molecule is C=C1CCCCC1CCOS(=O)(=O)c1ccc(C)cc1. The average Bonchev–Trinajstić information content (AvgIpc) is 2.41. The Morgan fingerprint density at radius 3 is 2.60 bits per heavy atom. The van der Waals surface area contributed by atoms with E-state index in [-0.39, 0.29) is 11.5 Å². The molecule has 0 spiro atoms. The molecule has 0 aromatic heterocycles. The molecule has 110 valence electrons. The fraction of sp³-hybridized carbons (Fsp3) is 0.500. The van der Waals surface area contributed by atoms with Crippen LogP contribution in [0.3, 0.4) is 0 Å². The topological polar surface area (TPSA) is 43.4 Å². The van der Waals surface area contributed by atoms with Crippen molar-refractivity contribution in [1.29, 1.82) is 0 Å². The molecule has 20 heavy (non-hydrogen) atoms. The van der Waals surface area contributed by atoms with Gasteiger partial charge in [0.1, 0.15) is 0 Å². The van der Waals surface area contributed by atoms with Crippen LogP contribution in [0.25, 0.3) is 0 Å². The van der Waals surface area contributed by atoms with Crippen LogP contribution in [0.1, 0.15) is 37.7 Å². The van der Waals surface area contributed by atoms with Crippen molar-refractivity contribution in [2.24, 2.45) is 5.92 Å². The van der Waals surface area contributed by atoms with Crippen molar-refractivity contribution in [3.63, 3.8) is 0 Å². The highest BCUT2D eigenvalue weighted by Gasteiger charge is 2.19. The smallest absolute Gasteiger partial charge is 0.266 e. The first-order chi connectivity index (χ1) is 9.49. The molecule has 2 rings (SSSR count). The summed E-state index contributed by atoms with van der Waals surface area (Å²) in [5.74, 6) is 0.414. The summed E-state index contributed by atoms with van der Waals surface area (Å²) in [6.07, 6.45) is 5.32. The van der Waals surface area contributed by atoms with Gasteiger partial charge >= 0.3 is 0 Å². The molecule has 3 nitrogen and oxygen atoms in total. The van der Waals surface area contributed by atoms with Gasteiger partial charge in [0.25, 0.3) is 10.1 Å². The number of aryl methyl sites for hydroxylation is 1. The summed E-state index contributed by atoms with van der Waals surface area (Å²) in [4.78, 5) is 0.227. The van der Waals surface area contributed by atoms with E-state index in [4.69, 9.17) is 4.18 Å². The second-order valence-corrected chi connectivity index (χ2v) is 7.09. The molecular weight excluding hydrogens is 272 g/mol. The van der Waals surface area contributed by atoms with E-state index in [1.165, 1.54) is 18.4 Å². The van der Waals surface area contributed by atoms with Crippen LogP contribution in [-0.4, -0.2) is 15.0 Å². The predicted molar refractivity (Wildman–Crippen MR) is 80.0 cm³/mol. The molecule has 1 saturated carbocycles. The Morgan fingerprint density at radius 1 is 1.25 bits per heavy atom. The predicted octanol–water partition coefficient (Wildman–Crippen LogP) is 3.84. The summed E-state index contributed by atoms with van der Waals surface area (Å²) in [5.41, 5.74) is 2.27. The van der Waals surface area contributed by atoms with E-state index in [0.717, 1.165) is 24.8 Å². The van der Waals surface area contributed by atoms with E-state index >= 15 is 0 Å². The molecular formula is C16H22O3S. The monoisotopic (exact) mass is 294 g/mol. The van der Waals surface area contributed by atoms with Crippen molar-refractivity contribution in [2.45, 2.75) is 43.9 Å². The number of rotatable bonds is 5. The lowest BCUT2D eigenvalue weighted by atomic mass is 9.83. The van der Waals surface area contributed by atoms with Gasteiger partial charge in [-0.15, -0.1) is 0 Å². The third-order valence-corrected chi connectivity index (χ3v) is 5.22. The van der Waals surface area contributed by atoms with Crippen molar-refractivity contribution in [3.05, 3.63) is 42.0 Å². The maximum atomic E-state index is 12.0. The minimum absolute atomic E-state index is 0.227. The summed E-state index contributed by atoms with van der Waals surface area (Å²) in [5, 5.41) is 0. The van der Waals surface area contributed by atoms with Gasteiger partial charge in [-0.25, -0.2) is 0 Å². The number of hydrogen-bond donors (Lipinski definition) is 0. The molecule has 1 fully saturated rings. The summed E-state index contributed by atoms with van der Waals surface area (Å²) >= 11 is 0. The van der Waals surface area contributed by atoms with Crippen molar-refractivity contribution in [2.75, 3.05) is 6.61 Å². The zero-order valence-corrected chi connectivity index (χ0v) is 12.8. The van der Waals surface area contributed by atoms with Crippen molar-refractivity contribution < 1.29 is 12.6 Å². The Hall–Kier alpha value is -1.13. The standard InChI is InChI=1S/C16H22O3S/c1-13-7-9-16(10-8-13)20(17,18)19-12-11-15-6-4-3-5-14(15)2/h7-10,15H,2-6,11-12H2,1H3. The van der Waals surface area contributed by atoms with Gasteiger partial charge in [-0.05, 0) is 50.7 Å². The first-order valence-corrected chi connectivity index (χ1v) is 8.53. The zero-order chi connectivity index (χ0) is 14.6. The largest absolute Gasteiger partial charge is 0.296 e. The van der Waals surface area contributed by atoms with Crippen molar-refractivity contribution in [1.82, 2.24) is 0 Å². The van der Waals surface area contributed by atoms with E-state index in [0.29, 0.717) is 5.92 Å². The Labute approximate surface area is 121 Å². The number of benzene rings is 1. The fourth-order valence-electron chi connectivity index (χ4n) is 2.57. The molecule has 1 aliphatic rings.